The van der Waals surface area contributed by atoms with Gasteiger partial charge in [0.15, 0.2) is 5.70 Å². The normalized spacial score (nSPS) is 12.2. The van der Waals surface area contributed by atoms with Crippen LogP contribution >= 0.6 is 27.5 Å². The van der Waals surface area contributed by atoms with Gasteiger partial charge in [-0.25, -0.2) is 8.42 Å². The zero-order valence-electron chi connectivity index (χ0n) is 18.5. The lowest BCUT2D eigenvalue weighted by molar-refractivity contribution is -0.113. The molecule has 0 radical (unpaired) electrons. The molecule has 0 atom stereocenters. The molecule has 0 bridgehead atoms. The molecule has 0 saturated carbocycles. The van der Waals surface area contributed by atoms with Gasteiger partial charge in [0, 0.05) is 10.2 Å². The van der Waals surface area contributed by atoms with Gasteiger partial charge in [-0.1, -0.05) is 39.7 Å². The number of allylic oxidation sites excluding steroid dienone is 1. The van der Waals surface area contributed by atoms with Gasteiger partial charge >= 0.3 is 0 Å². The number of rotatable bonds is 8. The minimum atomic E-state index is -4.06. The van der Waals surface area contributed by atoms with Crippen LogP contribution in [0.5, 0.6) is 5.75 Å². The molecule has 0 saturated heterocycles. The molecule has 0 spiro atoms. The number of nitrogens with one attached hydrogen (secondary N) is 2. The molecule has 0 heterocycles. The van der Waals surface area contributed by atoms with Gasteiger partial charge in [-0.2, -0.15) is 5.11 Å². The molecule has 12 heteroatoms. The molecule has 3 aromatic rings. The second kappa shape index (κ2) is 11.3. The molecule has 3 aromatic carbocycles. The number of hydrogen-bond acceptors (Lipinski definition) is 7. The summed E-state index contributed by atoms with van der Waals surface area (Å²) in [6, 6.07) is 17.2. The van der Waals surface area contributed by atoms with E-state index in [0.717, 1.165) is 4.47 Å². The number of methoxy groups -OCH3 is 1. The van der Waals surface area contributed by atoms with Crippen LogP contribution in [0.2, 0.25) is 5.02 Å². The topological polar surface area (TPSA) is 129 Å². The van der Waals surface area contributed by atoms with Crippen LogP contribution in [-0.4, -0.2) is 26.5 Å². The molecule has 35 heavy (non-hydrogen) atoms. The summed E-state index contributed by atoms with van der Waals surface area (Å²) in [5.74, 6) is -1.06. The lowest BCUT2D eigenvalue weighted by atomic mass is 10.3. The van der Waals surface area contributed by atoms with Crippen LogP contribution in [0.15, 0.2) is 97.8 Å². The van der Waals surface area contributed by atoms with E-state index < -0.39 is 21.7 Å². The number of benzene rings is 3. The summed E-state index contributed by atoms with van der Waals surface area (Å²) in [7, 11) is -2.72. The second-order valence-corrected chi connectivity index (χ2v) is 9.99. The summed E-state index contributed by atoms with van der Waals surface area (Å²) in [4.78, 5) is 12.4. The largest absolute Gasteiger partial charge is 0.510 e. The molecule has 3 N–H and O–H groups in total. The third-order valence-corrected chi connectivity index (χ3v) is 6.74. The molecule has 0 aliphatic heterocycles. The number of azo groups is 1. The Morgan fingerprint density at radius 2 is 1.77 bits per heavy atom. The molecule has 0 aliphatic carbocycles. The fourth-order valence-electron chi connectivity index (χ4n) is 2.80. The number of ether oxygens (including phenoxy) is 1. The Kier molecular flexibility index (Phi) is 8.49. The Hall–Kier alpha value is -3.41. The van der Waals surface area contributed by atoms with Crippen molar-refractivity contribution in [2.75, 3.05) is 17.1 Å². The Morgan fingerprint density at radius 3 is 2.40 bits per heavy atom. The van der Waals surface area contributed by atoms with Gasteiger partial charge in [-0.15, -0.1) is 5.11 Å². The van der Waals surface area contributed by atoms with Crippen molar-refractivity contribution < 1.29 is 23.1 Å². The summed E-state index contributed by atoms with van der Waals surface area (Å²) < 4.78 is 34.5. The quantitative estimate of drug-likeness (QED) is 0.161. The number of aliphatic hydroxyl groups excluding tert-OH is 1. The molecular formula is C23H20BrClN4O5S. The zero-order valence-corrected chi connectivity index (χ0v) is 21.6. The Bertz CT molecular complexity index is 1410. The van der Waals surface area contributed by atoms with Gasteiger partial charge in [0.25, 0.3) is 15.9 Å². The van der Waals surface area contributed by atoms with Crippen LogP contribution in [0, 0.1) is 0 Å². The highest BCUT2D eigenvalue weighted by atomic mass is 79.9. The number of carbonyl (C=O) groups is 1. The number of nitrogens with zero attached hydrogens (tertiary/aromatic N) is 2. The van der Waals surface area contributed by atoms with Crippen LogP contribution in [0.4, 0.5) is 17.1 Å². The molecule has 0 unspecified atom stereocenters. The van der Waals surface area contributed by atoms with E-state index in [-0.39, 0.29) is 22.0 Å². The zero-order chi connectivity index (χ0) is 25.6. The van der Waals surface area contributed by atoms with Gasteiger partial charge in [-0.3, -0.25) is 9.52 Å². The first-order valence-corrected chi connectivity index (χ1v) is 12.6. The molecular weight excluding hydrogens is 560 g/mol. The SMILES string of the molecule is COc1ccc(N=N/C(C(=O)Nc2ccccc2Cl)=C(\C)O)cc1S(=O)(=O)Nc1ccc(Br)cc1. The Morgan fingerprint density at radius 1 is 1.09 bits per heavy atom. The molecule has 182 valence electrons. The van der Waals surface area contributed by atoms with Crippen LogP contribution in [-0.2, 0) is 14.8 Å². The molecule has 9 nitrogen and oxygen atoms in total. The molecule has 1 amide bonds. The molecule has 0 aliphatic rings. The second-order valence-electron chi connectivity index (χ2n) is 7.02. The number of aliphatic hydroxyl groups is 1. The first-order chi connectivity index (χ1) is 16.6. The van der Waals surface area contributed by atoms with E-state index in [0.29, 0.717) is 16.4 Å². The highest BCUT2D eigenvalue weighted by molar-refractivity contribution is 9.10. The van der Waals surface area contributed by atoms with Gasteiger partial charge < -0.3 is 15.2 Å². The van der Waals surface area contributed by atoms with E-state index in [1.165, 1.54) is 32.2 Å². The third-order valence-electron chi connectivity index (χ3n) is 4.48. The van der Waals surface area contributed by atoms with Crippen molar-refractivity contribution in [2.45, 2.75) is 11.8 Å². The maximum Gasteiger partial charge on any atom is 0.279 e. The first-order valence-electron chi connectivity index (χ1n) is 9.94. The fourth-order valence-corrected chi connectivity index (χ4v) is 4.50. The summed E-state index contributed by atoms with van der Waals surface area (Å²) in [5.41, 5.74) is 0.397. The van der Waals surface area contributed by atoms with E-state index in [4.69, 9.17) is 16.3 Å². The van der Waals surface area contributed by atoms with E-state index in [2.05, 4.69) is 36.2 Å². The van der Waals surface area contributed by atoms with Gasteiger partial charge in [0.2, 0.25) is 0 Å². The highest BCUT2D eigenvalue weighted by Gasteiger charge is 2.21. The predicted molar refractivity (Wildman–Crippen MR) is 138 cm³/mol. The van der Waals surface area contributed by atoms with Crippen LogP contribution in [0.25, 0.3) is 0 Å². The third kappa shape index (κ3) is 6.81. The van der Waals surface area contributed by atoms with E-state index in [9.17, 15) is 18.3 Å². The van der Waals surface area contributed by atoms with Crippen molar-refractivity contribution in [2.24, 2.45) is 10.2 Å². The van der Waals surface area contributed by atoms with Crippen molar-refractivity contribution in [1.82, 2.24) is 0 Å². The van der Waals surface area contributed by atoms with Crippen LogP contribution in [0.1, 0.15) is 6.92 Å². The maximum atomic E-state index is 13.0. The molecule has 3 rings (SSSR count). The van der Waals surface area contributed by atoms with Crippen LogP contribution in [0.3, 0.4) is 0 Å². The van der Waals surface area contributed by atoms with E-state index in [1.807, 2.05) is 0 Å². The number of hydrogen-bond donors (Lipinski definition) is 3. The lowest BCUT2D eigenvalue weighted by Crippen LogP contribution is -2.15. The predicted octanol–water partition coefficient (Wildman–Crippen LogP) is 6.42. The average molecular weight is 580 g/mol. The Balaban J connectivity index is 1.89. The standard InChI is InChI=1S/C23H20BrClN4O5S/c1-14(30)22(23(31)26-19-6-4-3-5-18(19)25)28-27-17-11-12-20(34-2)21(13-17)35(32,33)29-16-9-7-15(24)8-10-16/h3-13,29-30H,1-2H3,(H,26,31)/b22-14+,28-27?. The van der Waals surface area contributed by atoms with Crippen molar-refractivity contribution in [3.8, 4) is 5.75 Å². The minimum Gasteiger partial charge on any atom is -0.510 e. The summed E-state index contributed by atoms with van der Waals surface area (Å²) in [6.07, 6.45) is 0. The lowest BCUT2D eigenvalue weighted by Gasteiger charge is -2.12. The average Bonchev–Trinajstić information content (AvgIpc) is 2.81. The molecule has 0 fully saturated rings. The maximum absolute atomic E-state index is 13.0. The monoisotopic (exact) mass is 578 g/mol. The number of anilines is 2. The number of halogens is 2. The van der Waals surface area contributed by atoms with Gasteiger partial charge in [-0.05, 0) is 61.5 Å². The summed E-state index contributed by atoms with van der Waals surface area (Å²) in [5, 5.41) is 20.6. The Labute approximate surface area is 215 Å². The number of carbonyl (C=O) groups excluding carboxylic acids is 1. The first kappa shape index (κ1) is 26.2. The van der Waals surface area contributed by atoms with Crippen molar-refractivity contribution in [1.29, 1.82) is 0 Å². The van der Waals surface area contributed by atoms with Crippen molar-refractivity contribution in [3.05, 3.63) is 87.7 Å². The minimum absolute atomic E-state index is 0.0825. The highest BCUT2D eigenvalue weighted by Crippen LogP contribution is 2.31. The fraction of sp³-hybridized carbons (Fsp3) is 0.0870. The van der Waals surface area contributed by atoms with Crippen molar-refractivity contribution >= 4 is 60.5 Å². The van der Waals surface area contributed by atoms with E-state index in [1.54, 1.807) is 48.5 Å². The van der Waals surface area contributed by atoms with Gasteiger partial charge in [0.05, 0.1) is 23.5 Å². The number of sulfonamides is 1. The van der Waals surface area contributed by atoms with Crippen molar-refractivity contribution in [3.63, 3.8) is 0 Å². The number of para-hydroxylation sites is 1. The van der Waals surface area contributed by atoms with Gasteiger partial charge in [0.1, 0.15) is 16.4 Å². The van der Waals surface area contributed by atoms with Crippen LogP contribution < -0.4 is 14.8 Å². The molecule has 0 aromatic heterocycles. The summed E-state index contributed by atoms with van der Waals surface area (Å²) >= 11 is 9.35. The number of amides is 1. The smallest absolute Gasteiger partial charge is 0.279 e. The summed E-state index contributed by atoms with van der Waals surface area (Å²) in [6.45, 7) is 1.27. The van der Waals surface area contributed by atoms with E-state index >= 15 is 0 Å².